The molecule has 0 aliphatic carbocycles. The van der Waals surface area contributed by atoms with Crippen LogP contribution in [0.15, 0.2) is 39.8 Å². The fourth-order valence-electron chi connectivity index (χ4n) is 2.31. The molecule has 2 aromatic rings. The Bertz CT molecular complexity index is 778. The van der Waals surface area contributed by atoms with Crippen LogP contribution in [-0.2, 0) is 6.61 Å². The Morgan fingerprint density at radius 2 is 2.00 bits per heavy atom. The number of aliphatic imine (C=N–C) groups is 1. The molecule has 3 rings (SSSR count). The monoisotopic (exact) mass is 445 g/mol. The van der Waals surface area contributed by atoms with Crippen LogP contribution in [0.1, 0.15) is 11.1 Å². The zero-order valence-electron chi connectivity index (χ0n) is 12.8. The predicted molar refractivity (Wildman–Crippen MR) is 105 cm³/mol. The molecule has 0 saturated heterocycles. The van der Waals surface area contributed by atoms with Gasteiger partial charge < -0.3 is 9.47 Å². The van der Waals surface area contributed by atoms with Crippen LogP contribution < -0.4 is 9.47 Å². The van der Waals surface area contributed by atoms with Crippen molar-refractivity contribution >= 4 is 55.9 Å². The minimum atomic E-state index is 0.252. The van der Waals surface area contributed by atoms with E-state index in [0.29, 0.717) is 21.5 Å². The van der Waals surface area contributed by atoms with E-state index >= 15 is 0 Å². The third-order valence-corrected chi connectivity index (χ3v) is 5.81. The van der Waals surface area contributed by atoms with Crippen molar-refractivity contribution in [2.24, 2.45) is 4.99 Å². The second-order valence-corrected chi connectivity index (χ2v) is 7.77. The van der Waals surface area contributed by atoms with Crippen LogP contribution in [0, 0.1) is 0 Å². The summed E-state index contributed by atoms with van der Waals surface area (Å²) in [5.74, 6) is 2.26. The SMILES string of the molecule is COc1cc(C2=NCCS2)cc(Br)c1OCc1c(Cl)cccc1Cl. The summed E-state index contributed by atoms with van der Waals surface area (Å²) in [5, 5.41) is 2.17. The molecule has 1 aliphatic heterocycles. The Morgan fingerprint density at radius 1 is 1.25 bits per heavy atom. The summed E-state index contributed by atoms with van der Waals surface area (Å²) in [5.41, 5.74) is 1.76. The number of rotatable bonds is 5. The molecule has 3 nitrogen and oxygen atoms in total. The first-order chi connectivity index (χ1) is 11.6. The Hall–Kier alpha value is -0.880. The number of halogens is 3. The molecule has 0 saturated carbocycles. The third-order valence-electron chi connectivity index (χ3n) is 3.48. The summed E-state index contributed by atoms with van der Waals surface area (Å²) in [4.78, 5) is 4.50. The molecule has 0 atom stereocenters. The fourth-order valence-corrected chi connectivity index (χ4v) is 4.21. The van der Waals surface area contributed by atoms with Crippen molar-refractivity contribution in [1.29, 1.82) is 0 Å². The number of nitrogens with zero attached hydrogens (tertiary/aromatic N) is 1. The van der Waals surface area contributed by atoms with Crippen molar-refractivity contribution in [2.75, 3.05) is 19.4 Å². The smallest absolute Gasteiger partial charge is 0.175 e. The summed E-state index contributed by atoms with van der Waals surface area (Å²) in [6.45, 7) is 1.10. The number of ether oxygens (including phenoxy) is 2. The number of benzene rings is 2. The van der Waals surface area contributed by atoms with E-state index in [1.807, 2.05) is 12.1 Å². The van der Waals surface area contributed by atoms with Crippen LogP contribution >= 0.6 is 50.9 Å². The predicted octanol–water partition coefficient (Wildman–Crippen LogP) is 5.84. The molecule has 1 heterocycles. The molecule has 7 heteroatoms. The molecule has 0 amide bonds. The average Bonchev–Trinajstić information content (AvgIpc) is 3.09. The van der Waals surface area contributed by atoms with Crippen molar-refractivity contribution in [3.05, 3.63) is 56.0 Å². The van der Waals surface area contributed by atoms with Crippen LogP contribution in [0.25, 0.3) is 0 Å². The first-order valence-corrected chi connectivity index (χ1v) is 9.74. The van der Waals surface area contributed by atoms with Crippen LogP contribution in [0.4, 0.5) is 0 Å². The van der Waals surface area contributed by atoms with Gasteiger partial charge in [0.2, 0.25) is 0 Å². The van der Waals surface area contributed by atoms with E-state index in [2.05, 4.69) is 20.9 Å². The van der Waals surface area contributed by atoms with Crippen molar-refractivity contribution in [2.45, 2.75) is 6.61 Å². The van der Waals surface area contributed by atoms with E-state index in [-0.39, 0.29) is 6.61 Å². The molecule has 126 valence electrons. The van der Waals surface area contributed by atoms with Gasteiger partial charge in [-0.15, -0.1) is 11.8 Å². The average molecular weight is 447 g/mol. The first-order valence-electron chi connectivity index (χ1n) is 7.21. The molecular weight excluding hydrogens is 433 g/mol. The summed E-state index contributed by atoms with van der Waals surface area (Å²) in [7, 11) is 1.62. The van der Waals surface area contributed by atoms with E-state index in [1.54, 1.807) is 37.1 Å². The Labute approximate surface area is 163 Å². The van der Waals surface area contributed by atoms with Gasteiger partial charge in [-0.3, -0.25) is 4.99 Å². The number of thioether (sulfide) groups is 1. The molecule has 2 aromatic carbocycles. The molecular formula is C17H14BrCl2NO2S. The Kier molecular flexibility index (Phi) is 5.98. The minimum absolute atomic E-state index is 0.252. The molecule has 0 radical (unpaired) electrons. The molecule has 0 bridgehead atoms. The lowest BCUT2D eigenvalue weighted by molar-refractivity contribution is 0.282. The van der Waals surface area contributed by atoms with Gasteiger partial charge in [-0.05, 0) is 40.2 Å². The van der Waals surface area contributed by atoms with Gasteiger partial charge in [0.05, 0.1) is 16.6 Å². The van der Waals surface area contributed by atoms with E-state index < -0.39 is 0 Å². The number of hydrogen-bond donors (Lipinski definition) is 0. The van der Waals surface area contributed by atoms with Gasteiger partial charge >= 0.3 is 0 Å². The van der Waals surface area contributed by atoms with Gasteiger partial charge in [-0.2, -0.15) is 0 Å². The van der Waals surface area contributed by atoms with Crippen molar-refractivity contribution in [3.63, 3.8) is 0 Å². The van der Waals surface area contributed by atoms with E-state index in [4.69, 9.17) is 32.7 Å². The van der Waals surface area contributed by atoms with Crippen molar-refractivity contribution in [1.82, 2.24) is 0 Å². The van der Waals surface area contributed by atoms with Gasteiger partial charge in [-0.1, -0.05) is 29.3 Å². The molecule has 0 N–H and O–H groups in total. The van der Waals surface area contributed by atoms with Crippen LogP contribution in [0.5, 0.6) is 11.5 Å². The summed E-state index contributed by atoms with van der Waals surface area (Å²) in [6, 6.07) is 9.31. The Morgan fingerprint density at radius 3 is 2.62 bits per heavy atom. The largest absolute Gasteiger partial charge is 0.493 e. The Balaban J connectivity index is 1.87. The second-order valence-electron chi connectivity index (χ2n) is 5.01. The van der Waals surface area contributed by atoms with Gasteiger partial charge in [0.25, 0.3) is 0 Å². The fraction of sp³-hybridized carbons (Fsp3) is 0.235. The maximum Gasteiger partial charge on any atom is 0.175 e. The maximum atomic E-state index is 6.19. The van der Waals surface area contributed by atoms with Gasteiger partial charge in [0.15, 0.2) is 11.5 Å². The lowest BCUT2D eigenvalue weighted by Gasteiger charge is -2.15. The van der Waals surface area contributed by atoms with Crippen molar-refractivity contribution in [3.8, 4) is 11.5 Å². The zero-order valence-corrected chi connectivity index (χ0v) is 16.7. The quantitative estimate of drug-likeness (QED) is 0.578. The lowest BCUT2D eigenvalue weighted by Crippen LogP contribution is -2.02. The highest BCUT2D eigenvalue weighted by atomic mass is 79.9. The van der Waals surface area contributed by atoms with Crippen LogP contribution in [0.2, 0.25) is 10.0 Å². The maximum absolute atomic E-state index is 6.19. The van der Waals surface area contributed by atoms with E-state index in [0.717, 1.165) is 32.9 Å². The number of methoxy groups -OCH3 is 1. The highest BCUT2D eigenvalue weighted by Gasteiger charge is 2.17. The highest BCUT2D eigenvalue weighted by Crippen LogP contribution is 2.39. The minimum Gasteiger partial charge on any atom is -0.493 e. The molecule has 1 aliphatic rings. The molecule has 0 unspecified atom stereocenters. The molecule has 0 aromatic heterocycles. The van der Waals surface area contributed by atoms with Crippen LogP contribution in [0.3, 0.4) is 0 Å². The van der Waals surface area contributed by atoms with E-state index in [1.165, 1.54) is 0 Å². The third kappa shape index (κ3) is 3.85. The van der Waals surface area contributed by atoms with Gasteiger partial charge in [0.1, 0.15) is 6.61 Å². The first kappa shape index (κ1) is 17.9. The van der Waals surface area contributed by atoms with Gasteiger partial charge in [0, 0.05) is 33.5 Å². The second kappa shape index (κ2) is 8.00. The van der Waals surface area contributed by atoms with Crippen LogP contribution in [-0.4, -0.2) is 24.5 Å². The standard InChI is InChI=1S/C17H14BrCl2NO2S/c1-22-15-8-10(17-21-5-6-24-17)7-12(18)16(15)23-9-11-13(19)3-2-4-14(11)20/h2-4,7-8H,5-6,9H2,1H3. The van der Waals surface area contributed by atoms with Crippen molar-refractivity contribution < 1.29 is 9.47 Å². The molecule has 0 spiro atoms. The topological polar surface area (TPSA) is 30.8 Å². The summed E-state index contributed by atoms with van der Waals surface area (Å²) >= 11 is 17.7. The summed E-state index contributed by atoms with van der Waals surface area (Å²) in [6.07, 6.45) is 0. The zero-order chi connectivity index (χ0) is 17.1. The lowest BCUT2D eigenvalue weighted by atomic mass is 10.2. The van der Waals surface area contributed by atoms with E-state index in [9.17, 15) is 0 Å². The summed E-state index contributed by atoms with van der Waals surface area (Å²) < 4.78 is 12.2. The normalized spacial score (nSPS) is 13.8. The highest BCUT2D eigenvalue weighted by molar-refractivity contribution is 9.10. The molecule has 24 heavy (non-hydrogen) atoms. The molecule has 0 fully saturated rings. The number of hydrogen-bond acceptors (Lipinski definition) is 4. The van der Waals surface area contributed by atoms with Gasteiger partial charge in [-0.25, -0.2) is 0 Å².